The summed E-state index contributed by atoms with van der Waals surface area (Å²) in [6.45, 7) is 10.1. The number of nitrogens with zero attached hydrogens (tertiary/aromatic N) is 1. The van der Waals surface area contributed by atoms with Crippen LogP contribution in [-0.2, 0) is 0 Å². The molecule has 1 fully saturated rings. The highest BCUT2D eigenvalue weighted by molar-refractivity contribution is 5.95. The molecule has 1 aliphatic heterocycles. The predicted octanol–water partition coefficient (Wildman–Crippen LogP) is 1.32. The largest absolute Gasteiger partial charge is 0.369 e. The summed E-state index contributed by atoms with van der Waals surface area (Å²) >= 11 is 0. The second-order valence-electron chi connectivity index (χ2n) is 4.74. The van der Waals surface area contributed by atoms with E-state index in [1.807, 2.05) is 18.2 Å². The molecule has 4 heteroatoms. The molecule has 0 aliphatic carbocycles. The maximum absolute atomic E-state index is 12.0. The van der Waals surface area contributed by atoms with Gasteiger partial charge in [-0.2, -0.15) is 0 Å². The number of amides is 1. The first-order chi connectivity index (χ1) is 9.22. The number of hydrogen-bond donors (Lipinski definition) is 2. The molecule has 0 unspecified atom stereocenters. The highest BCUT2D eigenvalue weighted by atomic mass is 16.1. The van der Waals surface area contributed by atoms with E-state index in [4.69, 9.17) is 0 Å². The fourth-order valence-corrected chi connectivity index (χ4v) is 2.26. The number of anilines is 1. The summed E-state index contributed by atoms with van der Waals surface area (Å²) in [4.78, 5) is 14.3. The Morgan fingerprint density at radius 3 is 2.89 bits per heavy atom. The van der Waals surface area contributed by atoms with Gasteiger partial charge in [0, 0.05) is 44.0 Å². The summed E-state index contributed by atoms with van der Waals surface area (Å²) in [5.74, 6) is -0.0451. The fourth-order valence-electron chi connectivity index (χ4n) is 2.26. The Hall–Kier alpha value is -1.81. The summed E-state index contributed by atoms with van der Waals surface area (Å²) in [5.41, 5.74) is 3.08. The lowest BCUT2D eigenvalue weighted by molar-refractivity contribution is 0.0958. The molecule has 1 aliphatic rings. The first kappa shape index (κ1) is 13.6. The van der Waals surface area contributed by atoms with Crippen molar-refractivity contribution in [3.05, 3.63) is 42.0 Å². The number of nitrogens with one attached hydrogen (secondary N) is 2. The summed E-state index contributed by atoms with van der Waals surface area (Å²) in [7, 11) is 0. The van der Waals surface area contributed by atoms with E-state index in [2.05, 4.69) is 29.0 Å². The summed E-state index contributed by atoms with van der Waals surface area (Å²) in [6.07, 6.45) is 1.68. The molecule has 4 nitrogen and oxygen atoms in total. The molecule has 2 rings (SSSR count). The van der Waals surface area contributed by atoms with Crippen LogP contribution in [0.15, 0.2) is 30.9 Å². The van der Waals surface area contributed by atoms with Gasteiger partial charge in [-0.1, -0.05) is 12.1 Å². The molecule has 2 N–H and O–H groups in total. The molecular weight excluding hydrogens is 238 g/mol. The van der Waals surface area contributed by atoms with Crippen LogP contribution in [0.3, 0.4) is 0 Å². The third-order valence-electron chi connectivity index (χ3n) is 3.34. The van der Waals surface area contributed by atoms with E-state index < -0.39 is 0 Å². The van der Waals surface area contributed by atoms with E-state index in [1.54, 1.807) is 6.08 Å². The lowest BCUT2D eigenvalue weighted by atomic mass is 10.1. The Morgan fingerprint density at radius 2 is 2.21 bits per heavy atom. The van der Waals surface area contributed by atoms with Crippen LogP contribution in [0.4, 0.5) is 5.69 Å². The van der Waals surface area contributed by atoms with Crippen molar-refractivity contribution in [2.45, 2.75) is 6.92 Å². The average Bonchev–Trinajstić information content (AvgIpc) is 2.46. The van der Waals surface area contributed by atoms with Gasteiger partial charge in [0.2, 0.25) is 0 Å². The first-order valence-electron chi connectivity index (χ1n) is 6.68. The van der Waals surface area contributed by atoms with Crippen LogP contribution in [-0.4, -0.2) is 38.6 Å². The lowest BCUT2D eigenvalue weighted by Gasteiger charge is -2.31. The minimum Gasteiger partial charge on any atom is -0.369 e. The molecule has 1 aromatic carbocycles. The minimum absolute atomic E-state index is 0.0451. The monoisotopic (exact) mass is 259 g/mol. The molecule has 0 saturated carbocycles. The van der Waals surface area contributed by atoms with Gasteiger partial charge in [-0.25, -0.2) is 0 Å². The van der Waals surface area contributed by atoms with Gasteiger partial charge in [-0.05, 0) is 24.6 Å². The minimum atomic E-state index is -0.0451. The van der Waals surface area contributed by atoms with Gasteiger partial charge in [-0.3, -0.25) is 4.79 Å². The third kappa shape index (κ3) is 3.35. The van der Waals surface area contributed by atoms with E-state index in [-0.39, 0.29) is 5.91 Å². The molecule has 0 bridgehead atoms. The van der Waals surface area contributed by atoms with Crippen molar-refractivity contribution in [1.82, 2.24) is 10.6 Å². The zero-order chi connectivity index (χ0) is 13.7. The van der Waals surface area contributed by atoms with Crippen LogP contribution in [0.25, 0.3) is 0 Å². The van der Waals surface area contributed by atoms with Crippen LogP contribution in [0.1, 0.15) is 15.9 Å². The van der Waals surface area contributed by atoms with Crippen molar-refractivity contribution in [3.63, 3.8) is 0 Å². The van der Waals surface area contributed by atoms with Crippen molar-refractivity contribution >= 4 is 11.6 Å². The molecule has 1 aromatic rings. The van der Waals surface area contributed by atoms with Gasteiger partial charge < -0.3 is 15.5 Å². The SMILES string of the molecule is C=CCNC(=O)c1ccc(C)c(N2CCNCC2)c1. The van der Waals surface area contributed by atoms with Crippen LogP contribution >= 0.6 is 0 Å². The molecule has 1 saturated heterocycles. The Labute approximate surface area is 114 Å². The van der Waals surface area contributed by atoms with Crippen molar-refractivity contribution in [2.75, 3.05) is 37.6 Å². The number of rotatable bonds is 4. The lowest BCUT2D eigenvalue weighted by Crippen LogP contribution is -2.43. The fraction of sp³-hybridized carbons (Fsp3) is 0.400. The molecule has 0 aromatic heterocycles. The number of piperazine rings is 1. The number of hydrogen-bond acceptors (Lipinski definition) is 3. The van der Waals surface area contributed by atoms with E-state index in [0.29, 0.717) is 12.1 Å². The maximum Gasteiger partial charge on any atom is 0.251 e. The van der Waals surface area contributed by atoms with E-state index in [9.17, 15) is 4.79 Å². The Balaban J connectivity index is 2.18. The maximum atomic E-state index is 12.0. The molecule has 0 radical (unpaired) electrons. The molecular formula is C15H21N3O. The van der Waals surface area contributed by atoms with Crippen LogP contribution < -0.4 is 15.5 Å². The van der Waals surface area contributed by atoms with Crippen molar-refractivity contribution in [3.8, 4) is 0 Å². The Morgan fingerprint density at radius 1 is 1.47 bits per heavy atom. The molecule has 1 heterocycles. The zero-order valence-electron chi connectivity index (χ0n) is 11.4. The highest BCUT2D eigenvalue weighted by Crippen LogP contribution is 2.22. The summed E-state index contributed by atoms with van der Waals surface area (Å²) < 4.78 is 0. The Kier molecular flexibility index (Phi) is 4.58. The van der Waals surface area contributed by atoms with E-state index >= 15 is 0 Å². The highest BCUT2D eigenvalue weighted by Gasteiger charge is 2.14. The summed E-state index contributed by atoms with van der Waals surface area (Å²) in [6, 6.07) is 5.87. The molecule has 0 spiro atoms. The third-order valence-corrected chi connectivity index (χ3v) is 3.34. The van der Waals surface area contributed by atoms with Gasteiger partial charge in [-0.15, -0.1) is 6.58 Å². The molecule has 0 atom stereocenters. The van der Waals surface area contributed by atoms with E-state index in [1.165, 1.54) is 5.56 Å². The second-order valence-corrected chi connectivity index (χ2v) is 4.74. The van der Waals surface area contributed by atoms with Crippen molar-refractivity contribution in [2.24, 2.45) is 0 Å². The standard InChI is InChI=1S/C15H21N3O/c1-3-6-17-15(19)13-5-4-12(2)14(11-13)18-9-7-16-8-10-18/h3-5,11,16H,1,6-10H2,2H3,(H,17,19). The van der Waals surface area contributed by atoms with Gasteiger partial charge in [0.1, 0.15) is 0 Å². The number of aryl methyl sites for hydroxylation is 1. The van der Waals surface area contributed by atoms with Gasteiger partial charge in [0.15, 0.2) is 0 Å². The quantitative estimate of drug-likeness (QED) is 0.802. The number of carbonyl (C=O) groups excluding carboxylic acids is 1. The van der Waals surface area contributed by atoms with Gasteiger partial charge >= 0.3 is 0 Å². The predicted molar refractivity (Wildman–Crippen MR) is 78.8 cm³/mol. The molecule has 19 heavy (non-hydrogen) atoms. The van der Waals surface area contributed by atoms with Crippen LogP contribution in [0, 0.1) is 6.92 Å². The first-order valence-corrected chi connectivity index (χ1v) is 6.68. The van der Waals surface area contributed by atoms with Crippen LogP contribution in [0.5, 0.6) is 0 Å². The normalized spacial score (nSPS) is 15.1. The van der Waals surface area contributed by atoms with Gasteiger partial charge in [0.05, 0.1) is 0 Å². The van der Waals surface area contributed by atoms with Crippen LogP contribution in [0.2, 0.25) is 0 Å². The van der Waals surface area contributed by atoms with Gasteiger partial charge in [0.25, 0.3) is 5.91 Å². The topological polar surface area (TPSA) is 44.4 Å². The van der Waals surface area contributed by atoms with Crippen molar-refractivity contribution in [1.29, 1.82) is 0 Å². The number of carbonyl (C=O) groups is 1. The molecule has 102 valence electrons. The molecule has 1 amide bonds. The average molecular weight is 259 g/mol. The smallest absolute Gasteiger partial charge is 0.251 e. The van der Waals surface area contributed by atoms with Crippen molar-refractivity contribution < 1.29 is 4.79 Å². The zero-order valence-corrected chi connectivity index (χ0v) is 11.4. The number of benzene rings is 1. The Bertz CT molecular complexity index is 464. The van der Waals surface area contributed by atoms with E-state index in [0.717, 1.165) is 31.9 Å². The summed E-state index contributed by atoms with van der Waals surface area (Å²) in [5, 5.41) is 6.15. The second kappa shape index (κ2) is 6.38.